The number of thiazole rings is 1. The highest BCUT2D eigenvalue weighted by Crippen LogP contribution is 2.29. The van der Waals surface area contributed by atoms with Crippen molar-refractivity contribution >= 4 is 29.6 Å². The topological polar surface area (TPSA) is 62.8 Å². The van der Waals surface area contributed by atoms with E-state index in [1.165, 1.54) is 0 Å². The van der Waals surface area contributed by atoms with Gasteiger partial charge in [0.15, 0.2) is 16.5 Å². The van der Waals surface area contributed by atoms with Gasteiger partial charge in [-0.05, 0) is 0 Å². The maximum atomic E-state index is 11.9. The van der Waals surface area contributed by atoms with Crippen molar-refractivity contribution in [3.63, 3.8) is 0 Å². The van der Waals surface area contributed by atoms with Crippen LogP contribution in [0.2, 0.25) is 0 Å². The van der Waals surface area contributed by atoms with Gasteiger partial charge in [0, 0.05) is 5.38 Å². The molecule has 0 amide bonds. The van der Waals surface area contributed by atoms with E-state index in [4.69, 9.17) is 11.1 Å². The molecular formula is C5H5ClF3N3S. The summed E-state index contributed by atoms with van der Waals surface area (Å²) < 4.78 is 35.7. The van der Waals surface area contributed by atoms with E-state index in [2.05, 4.69) is 4.98 Å². The first-order valence-electron chi connectivity index (χ1n) is 2.78. The van der Waals surface area contributed by atoms with Gasteiger partial charge < -0.3 is 5.73 Å². The van der Waals surface area contributed by atoms with Gasteiger partial charge in [-0.1, -0.05) is 0 Å². The number of hydrogen-bond donors (Lipinski definition) is 2. The third kappa shape index (κ3) is 2.85. The van der Waals surface area contributed by atoms with Crippen molar-refractivity contribution in [2.45, 2.75) is 6.18 Å². The van der Waals surface area contributed by atoms with Gasteiger partial charge in [0.1, 0.15) is 0 Å². The Morgan fingerprint density at radius 3 is 2.31 bits per heavy atom. The maximum Gasteiger partial charge on any atom is 0.434 e. The van der Waals surface area contributed by atoms with Crippen LogP contribution in [0.25, 0.3) is 0 Å². The summed E-state index contributed by atoms with van der Waals surface area (Å²) in [4.78, 5) is 3.12. The fraction of sp³-hybridized carbons (Fsp3) is 0.200. The molecule has 0 spiro atoms. The lowest BCUT2D eigenvalue weighted by Crippen LogP contribution is -2.12. The van der Waals surface area contributed by atoms with Crippen molar-refractivity contribution in [1.82, 2.24) is 4.98 Å². The molecule has 1 aromatic heterocycles. The molecule has 0 aliphatic carbocycles. The molecule has 0 saturated heterocycles. The van der Waals surface area contributed by atoms with Gasteiger partial charge in [0.25, 0.3) is 0 Å². The Hall–Kier alpha value is -0.820. The zero-order chi connectivity index (χ0) is 9.35. The number of nitrogens with two attached hydrogens (primary N) is 1. The average Bonchev–Trinajstić information content (AvgIpc) is 2.30. The Morgan fingerprint density at radius 2 is 2.08 bits per heavy atom. The number of nitrogen functional groups attached to an aromatic ring is 1. The number of rotatable bonds is 1. The molecule has 13 heavy (non-hydrogen) atoms. The van der Waals surface area contributed by atoms with E-state index < -0.39 is 17.7 Å². The van der Waals surface area contributed by atoms with Gasteiger partial charge in [-0.25, -0.2) is 4.98 Å². The van der Waals surface area contributed by atoms with Crippen molar-refractivity contribution < 1.29 is 13.2 Å². The predicted octanol–water partition coefficient (Wildman–Crippen LogP) is 1.87. The molecule has 1 heterocycles. The molecule has 0 aromatic carbocycles. The Balaban J connectivity index is 0.00000144. The van der Waals surface area contributed by atoms with E-state index in [9.17, 15) is 13.2 Å². The standard InChI is InChI=1S/C5H4F3N3S.ClH/c6-5(7,8)2-1-12-4(11-2)3(9)10;/h1H,(H3,9,10);1H. The molecule has 0 atom stereocenters. The van der Waals surface area contributed by atoms with Crippen LogP contribution in [0.15, 0.2) is 5.38 Å². The van der Waals surface area contributed by atoms with Gasteiger partial charge >= 0.3 is 6.18 Å². The zero-order valence-corrected chi connectivity index (χ0v) is 7.69. The summed E-state index contributed by atoms with van der Waals surface area (Å²) >= 11 is 0.704. The van der Waals surface area contributed by atoms with E-state index in [-0.39, 0.29) is 17.4 Å². The van der Waals surface area contributed by atoms with Crippen molar-refractivity contribution in [2.24, 2.45) is 5.73 Å². The molecule has 1 aromatic rings. The molecule has 0 aliphatic heterocycles. The minimum atomic E-state index is -4.45. The summed E-state index contributed by atoms with van der Waals surface area (Å²) in [5.41, 5.74) is 3.93. The van der Waals surface area contributed by atoms with Gasteiger partial charge in [-0.3, -0.25) is 5.41 Å². The molecule has 0 bridgehead atoms. The number of amidine groups is 1. The lowest BCUT2D eigenvalue weighted by Gasteiger charge is -1.99. The minimum Gasteiger partial charge on any atom is -0.382 e. The Kier molecular flexibility index (Phi) is 3.68. The summed E-state index contributed by atoms with van der Waals surface area (Å²) in [7, 11) is 0. The Labute approximate surface area is 81.7 Å². The maximum absolute atomic E-state index is 11.9. The molecule has 0 saturated carbocycles. The molecule has 74 valence electrons. The van der Waals surface area contributed by atoms with Crippen molar-refractivity contribution in [2.75, 3.05) is 0 Å². The van der Waals surface area contributed by atoms with Crippen LogP contribution >= 0.6 is 23.7 Å². The third-order valence-corrected chi connectivity index (χ3v) is 1.90. The highest BCUT2D eigenvalue weighted by Gasteiger charge is 2.33. The first-order chi connectivity index (χ1) is 5.41. The smallest absolute Gasteiger partial charge is 0.382 e. The number of halogens is 4. The minimum absolute atomic E-state index is 0. The number of nitrogens with one attached hydrogen (secondary N) is 1. The van der Waals surface area contributed by atoms with Crippen LogP contribution in [-0.4, -0.2) is 10.8 Å². The Morgan fingerprint density at radius 1 is 1.54 bits per heavy atom. The quantitative estimate of drug-likeness (QED) is 0.573. The van der Waals surface area contributed by atoms with Crippen LogP contribution < -0.4 is 5.73 Å². The molecule has 1 rings (SSSR count). The van der Waals surface area contributed by atoms with Crippen LogP contribution in [0.5, 0.6) is 0 Å². The Bertz CT molecular complexity index is 308. The van der Waals surface area contributed by atoms with Crippen molar-refractivity contribution in [1.29, 1.82) is 5.41 Å². The second-order valence-corrected chi connectivity index (χ2v) is 2.81. The second kappa shape index (κ2) is 3.93. The summed E-state index contributed by atoms with van der Waals surface area (Å²) in [5.74, 6) is -0.449. The van der Waals surface area contributed by atoms with E-state index in [1.54, 1.807) is 0 Å². The highest BCUT2D eigenvalue weighted by atomic mass is 35.5. The zero-order valence-electron chi connectivity index (χ0n) is 6.05. The summed E-state index contributed by atoms with van der Waals surface area (Å²) in [6, 6.07) is 0. The molecule has 0 radical (unpaired) electrons. The van der Waals surface area contributed by atoms with Crippen LogP contribution in [0.1, 0.15) is 10.7 Å². The fourth-order valence-electron chi connectivity index (χ4n) is 0.528. The molecule has 0 fully saturated rings. The van der Waals surface area contributed by atoms with Crippen molar-refractivity contribution in [3.05, 3.63) is 16.1 Å². The number of alkyl halides is 3. The number of hydrogen-bond acceptors (Lipinski definition) is 3. The monoisotopic (exact) mass is 231 g/mol. The summed E-state index contributed by atoms with van der Waals surface area (Å²) in [6.07, 6.45) is -4.45. The number of aromatic nitrogens is 1. The van der Waals surface area contributed by atoms with Gasteiger partial charge in [0.2, 0.25) is 0 Å². The lowest BCUT2D eigenvalue weighted by molar-refractivity contribution is -0.140. The highest BCUT2D eigenvalue weighted by molar-refractivity contribution is 7.11. The van der Waals surface area contributed by atoms with Gasteiger partial charge in [-0.2, -0.15) is 13.2 Å². The van der Waals surface area contributed by atoms with E-state index >= 15 is 0 Å². The van der Waals surface area contributed by atoms with E-state index in [1.807, 2.05) is 0 Å². The lowest BCUT2D eigenvalue weighted by atomic mass is 10.5. The number of nitrogens with zero attached hydrogens (tertiary/aromatic N) is 1. The van der Waals surface area contributed by atoms with Crippen LogP contribution in [0, 0.1) is 5.41 Å². The van der Waals surface area contributed by atoms with Crippen LogP contribution in [0.3, 0.4) is 0 Å². The molecule has 8 heteroatoms. The molecule has 3 N–H and O–H groups in total. The van der Waals surface area contributed by atoms with Crippen LogP contribution in [0.4, 0.5) is 13.2 Å². The SMILES string of the molecule is Cl.N=C(N)c1nc(C(F)(F)F)cs1. The molecular weight excluding hydrogens is 227 g/mol. The van der Waals surface area contributed by atoms with E-state index in [0.717, 1.165) is 5.38 Å². The van der Waals surface area contributed by atoms with Crippen molar-refractivity contribution in [3.8, 4) is 0 Å². The normalized spacial score (nSPS) is 10.7. The third-order valence-electron chi connectivity index (χ3n) is 1.03. The average molecular weight is 232 g/mol. The van der Waals surface area contributed by atoms with Gasteiger partial charge in [-0.15, -0.1) is 23.7 Å². The molecule has 0 aliphatic rings. The fourth-order valence-corrected chi connectivity index (χ4v) is 1.22. The van der Waals surface area contributed by atoms with Gasteiger partial charge in [0.05, 0.1) is 0 Å². The largest absolute Gasteiger partial charge is 0.434 e. The van der Waals surface area contributed by atoms with Crippen LogP contribution in [-0.2, 0) is 6.18 Å². The first kappa shape index (κ1) is 12.2. The predicted molar refractivity (Wildman–Crippen MR) is 45.4 cm³/mol. The molecule has 3 nitrogen and oxygen atoms in total. The molecule has 0 unspecified atom stereocenters. The van der Waals surface area contributed by atoms with E-state index in [0.29, 0.717) is 11.3 Å². The first-order valence-corrected chi connectivity index (χ1v) is 3.66. The second-order valence-electron chi connectivity index (χ2n) is 1.95. The summed E-state index contributed by atoms with van der Waals surface area (Å²) in [6.45, 7) is 0. The summed E-state index contributed by atoms with van der Waals surface area (Å²) in [5, 5.41) is 7.53.